The highest BCUT2D eigenvalue weighted by Gasteiger charge is 2.43. The van der Waals surface area contributed by atoms with Crippen LogP contribution in [0.4, 0.5) is 5.82 Å². The van der Waals surface area contributed by atoms with Crippen LogP contribution in [0.1, 0.15) is 17.6 Å². The zero-order valence-corrected chi connectivity index (χ0v) is 14.7. The lowest BCUT2D eigenvalue weighted by atomic mass is 10.1. The lowest BCUT2D eigenvalue weighted by Crippen LogP contribution is -2.30. The number of aliphatic hydroxyl groups excluding tert-OH is 2. The maximum absolute atomic E-state index is 10.2. The number of rotatable bonds is 4. The van der Waals surface area contributed by atoms with E-state index in [1.165, 1.54) is 0 Å². The van der Waals surface area contributed by atoms with Crippen LogP contribution in [0, 0.1) is 0 Å². The van der Waals surface area contributed by atoms with Crippen molar-refractivity contribution < 1.29 is 14.9 Å². The molecule has 8 nitrogen and oxygen atoms in total. The lowest BCUT2D eigenvalue weighted by molar-refractivity contribution is -0.0430. The summed E-state index contributed by atoms with van der Waals surface area (Å²) in [6, 6.07) is 9.84. The molecule has 3 heterocycles. The molecule has 4 rings (SSSR count). The molecule has 2 aromatic heterocycles. The number of hydrogen-bond donors (Lipinski definition) is 4. The Morgan fingerprint density at radius 2 is 2.00 bits per heavy atom. The van der Waals surface area contributed by atoms with Crippen LogP contribution in [0.25, 0.3) is 11.2 Å². The molecule has 1 fully saturated rings. The van der Waals surface area contributed by atoms with Crippen LogP contribution in [-0.4, -0.2) is 53.8 Å². The highest BCUT2D eigenvalue weighted by atomic mass is 32.1. The average Bonchev–Trinajstić information content (AvgIpc) is 3.18. The molecule has 1 aliphatic rings. The molecule has 3 aromatic rings. The van der Waals surface area contributed by atoms with Gasteiger partial charge in [0.1, 0.15) is 17.4 Å². The predicted molar refractivity (Wildman–Crippen MR) is 98.8 cm³/mol. The minimum atomic E-state index is -0.895. The average molecular weight is 373 g/mol. The SMILES string of the molecule is Nc1nc(Cc2ccccc2)nc2c1ncn2C1OC(CO)C(O)C1S. The van der Waals surface area contributed by atoms with Gasteiger partial charge in [-0.25, -0.2) is 15.0 Å². The second-order valence-corrected chi connectivity index (χ2v) is 6.84. The van der Waals surface area contributed by atoms with E-state index in [0.29, 0.717) is 23.4 Å². The van der Waals surface area contributed by atoms with E-state index in [1.807, 2.05) is 30.3 Å². The van der Waals surface area contributed by atoms with E-state index in [-0.39, 0.29) is 12.4 Å². The molecule has 4 N–H and O–H groups in total. The molecular weight excluding hydrogens is 354 g/mol. The fourth-order valence-corrected chi connectivity index (χ4v) is 3.54. The Hall–Kier alpha value is -2.20. The molecule has 0 amide bonds. The Bertz CT molecular complexity index is 919. The van der Waals surface area contributed by atoms with Gasteiger partial charge in [-0.3, -0.25) is 4.57 Å². The first-order chi connectivity index (χ1) is 12.6. The first-order valence-corrected chi connectivity index (χ1v) is 8.75. The maximum atomic E-state index is 10.2. The van der Waals surface area contributed by atoms with E-state index in [1.54, 1.807) is 10.9 Å². The van der Waals surface area contributed by atoms with E-state index >= 15 is 0 Å². The van der Waals surface area contributed by atoms with Crippen LogP contribution in [0.15, 0.2) is 36.7 Å². The summed E-state index contributed by atoms with van der Waals surface area (Å²) < 4.78 is 7.41. The fraction of sp³-hybridized carbons (Fsp3) is 0.353. The highest BCUT2D eigenvalue weighted by molar-refractivity contribution is 7.81. The zero-order valence-electron chi connectivity index (χ0n) is 13.8. The summed E-state index contributed by atoms with van der Waals surface area (Å²) in [5.41, 5.74) is 8.11. The molecule has 4 unspecified atom stereocenters. The zero-order chi connectivity index (χ0) is 18.3. The van der Waals surface area contributed by atoms with Gasteiger partial charge < -0.3 is 20.7 Å². The van der Waals surface area contributed by atoms with E-state index in [2.05, 4.69) is 27.6 Å². The third kappa shape index (κ3) is 2.92. The summed E-state index contributed by atoms with van der Waals surface area (Å²) >= 11 is 4.43. The summed E-state index contributed by atoms with van der Waals surface area (Å²) in [7, 11) is 0. The van der Waals surface area contributed by atoms with Crippen molar-refractivity contribution in [3.63, 3.8) is 0 Å². The summed E-state index contributed by atoms with van der Waals surface area (Å²) in [6.07, 6.45) is -0.141. The van der Waals surface area contributed by atoms with Crippen LogP contribution >= 0.6 is 12.6 Å². The van der Waals surface area contributed by atoms with Gasteiger partial charge in [0.05, 0.1) is 24.3 Å². The topological polar surface area (TPSA) is 119 Å². The summed E-state index contributed by atoms with van der Waals surface area (Å²) in [5.74, 6) is 0.851. The van der Waals surface area contributed by atoms with Crippen molar-refractivity contribution in [2.45, 2.75) is 30.1 Å². The van der Waals surface area contributed by atoms with E-state index < -0.39 is 23.7 Å². The molecule has 0 saturated carbocycles. The monoisotopic (exact) mass is 373 g/mol. The number of imidazole rings is 1. The van der Waals surface area contributed by atoms with Crippen LogP contribution in [0.3, 0.4) is 0 Å². The van der Waals surface area contributed by atoms with E-state index in [4.69, 9.17) is 10.5 Å². The smallest absolute Gasteiger partial charge is 0.167 e. The number of hydrogen-bond acceptors (Lipinski definition) is 8. The number of aromatic nitrogens is 4. The molecule has 0 spiro atoms. The number of ether oxygens (including phenoxy) is 1. The number of nitrogens with two attached hydrogens (primary N) is 1. The number of anilines is 1. The minimum absolute atomic E-state index is 0.285. The van der Waals surface area contributed by atoms with Crippen molar-refractivity contribution in [1.82, 2.24) is 19.5 Å². The summed E-state index contributed by atoms with van der Waals surface area (Å²) in [4.78, 5) is 13.2. The normalized spacial score (nSPS) is 25.8. The van der Waals surface area contributed by atoms with Gasteiger partial charge in [0.15, 0.2) is 17.7 Å². The largest absolute Gasteiger partial charge is 0.394 e. The van der Waals surface area contributed by atoms with Gasteiger partial charge in [0.25, 0.3) is 0 Å². The van der Waals surface area contributed by atoms with Gasteiger partial charge in [0.2, 0.25) is 0 Å². The van der Waals surface area contributed by atoms with Gasteiger partial charge in [0, 0.05) is 6.42 Å². The molecular formula is C17H19N5O3S. The third-order valence-corrected chi connectivity index (χ3v) is 5.05. The Kier molecular flexibility index (Phi) is 4.53. The predicted octanol–water partition coefficient (Wildman–Crippen LogP) is 0.548. The Balaban J connectivity index is 1.73. The number of fused-ring (bicyclic) bond motifs is 1. The van der Waals surface area contributed by atoms with Gasteiger partial charge in [-0.05, 0) is 5.56 Å². The Morgan fingerprint density at radius 1 is 1.23 bits per heavy atom. The summed E-state index contributed by atoms with van der Waals surface area (Å²) in [6.45, 7) is -0.294. The maximum Gasteiger partial charge on any atom is 0.167 e. The number of aliphatic hydroxyl groups is 2. The minimum Gasteiger partial charge on any atom is -0.394 e. The Labute approximate surface area is 155 Å². The van der Waals surface area contributed by atoms with Crippen molar-refractivity contribution in [1.29, 1.82) is 0 Å². The first-order valence-electron chi connectivity index (χ1n) is 8.23. The van der Waals surface area contributed by atoms with Crippen molar-refractivity contribution in [3.05, 3.63) is 48.0 Å². The second-order valence-electron chi connectivity index (χ2n) is 6.24. The van der Waals surface area contributed by atoms with Crippen LogP contribution in [-0.2, 0) is 11.2 Å². The Morgan fingerprint density at radius 3 is 2.69 bits per heavy atom. The highest BCUT2D eigenvalue weighted by Crippen LogP contribution is 2.35. The van der Waals surface area contributed by atoms with Crippen molar-refractivity contribution in [2.24, 2.45) is 0 Å². The standard InChI is InChI=1S/C17H19N5O3S/c18-15-12-16(21-11(20-15)6-9-4-2-1-3-5-9)22(8-19-12)17-14(26)13(24)10(7-23)25-17/h1-5,8,10,13-14,17,23-24,26H,6-7H2,(H2,18,20,21). The molecule has 136 valence electrons. The van der Waals surface area contributed by atoms with Crippen LogP contribution in [0.5, 0.6) is 0 Å². The number of nitrogen functional groups attached to an aromatic ring is 1. The van der Waals surface area contributed by atoms with Gasteiger partial charge in [-0.2, -0.15) is 12.6 Å². The van der Waals surface area contributed by atoms with E-state index in [0.717, 1.165) is 5.56 Å². The fourth-order valence-electron chi connectivity index (χ4n) is 3.14. The van der Waals surface area contributed by atoms with Crippen LogP contribution < -0.4 is 5.73 Å². The van der Waals surface area contributed by atoms with Gasteiger partial charge in [-0.1, -0.05) is 30.3 Å². The van der Waals surface area contributed by atoms with E-state index in [9.17, 15) is 10.2 Å². The first kappa shape index (κ1) is 17.2. The van der Waals surface area contributed by atoms with Crippen LogP contribution in [0.2, 0.25) is 0 Å². The molecule has 9 heteroatoms. The molecule has 26 heavy (non-hydrogen) atoms. The summed E-state index contributed by atoms with van der Waals surface area (Å²) in [5, 5.41) is 19.0. The quantitative estimate of drug-likeness (QED) is 0.493. The molecule has 0 aliphatic carbocycles. The lowest BCUT2D eigenvalue weighted by Gasteiger charge is -2.17. The molecule has 1 aliphatic heterocycles. The number of benzene rings is 1. The molecule has 0 radical (unpaired) electrons. The van der Waals surface area contributed by atoms with Gasteiger partial charge in [-0.15, -0.1) is 0 Å². The molecule has 0 bridgehead atoms. The number of thiol groups is 1. The molecule has 1 aromatic carbocycles. The van der Waals surface area contributed by atoms with Crippen molar-refractivity contribution in [2.75, 3.05) is 12.3 Å². The third-order valence-electron chi connectivity index (χ3n) is 4.49. The van der Waals surface area contributed by atoms with Gasteiger partial charge >= 0.3 is 0 Å². The second kappa shape index (κ2) is 6.84. The number of nitrogens with zero attached hydrogens (tertiary/aromatic N) is 4. The van der Waals surface area contributed by atoms with Crippen molar-refractivity contribution in [3.8, 4) is 0 Å². The van der Waals surface area contributed by atoms with Crippen molar-refractivity contribution >= 4 is 29.6 Å². The molecule has 1 saturated heterocycles. The molecule has 4 atom stereocenters.